The molecule has 51 heavy (non-hydrogen) atoms. The first-order valence-corrected chi connectivity index (χ1v) is 17.1. The average Bonchev–Trinajstić information content (AvgIpc) is 3.60. The molecule has 0 radical (unpaired) electrons. The number of nitrogens with zero attached hydrogens (tertiary/aromatic N) is 3. The van der Waals surface area contributed by atoms with E-state index in [1.807, 2.05) is 60.7 Å². The number of hydrogen-bond donors (Lipinski definition) is 0. The lowest BCUT2D eigenvalue weighted by molar-refractivity contribution is 0.673. The van der Waals surface area contributed by atoms with Crippen LogP contribution in [-0.4, -0.2) is 15.0 Å². The Morgan fingerprint density at radius 1 is 0.333 bits per heavy atom. The molecule has 4 nitrogen and oxygen atoms in total. The summed E-state index contributed by atoms with van der Waals surface area (Å²) in [5.74, 6) is 1.92. The molecule has 0 aliphatic rings. The van der Waals surface area contributed by atoms with Gasteiger partial charge in [-0.3, -0.25) is 0 Å². The van der Waals surface area contributed by atoms with Crippen molar-refractivity contribution in [2.45, 2.75) is 0 Å². The Bertz CT molecular complexity index is 2830. The van der Waals surface area contributed by atoms with Crippen LogP contribution in [0.25, 0.3) is 99.9 Å². The van der Waals surface area contributed by atoms with Crippen molar-refractivity contribution in [2.75, 3.05) is 0 Å². The minimum atomic E-state index is 0.632. The molecule has 0 unspecified atom stereocenters. The molecule has 0 aliphatic carbocycles. The van der Waals surface area contributed by atoms with Crippen LogP contribution in [0.5, 0.6) is 0 Å². The number of fused-ring (bicyclic) bond motifs is 6. The molecule has 0 aliphatic heterocycles. The van der Waals surface area contributed by atoms with Crippen LogP contribution >= 0.6 is 0 Å². The van der Waals surface area contributed by atoms with Crippen LogP contribution in [-0.2, 0) is 0 Å². The Balaban J connectivity index is 1.14. The molecule has 2 aromatic heterocycles. The quantitative estimate of drug-likeness (QED) is 0.186. The van der Waals surface area contributed by atoms with Crippen molar-refractivity contribution in [3.05, 3.63) is 176 Å². The molecule has 2 heterocycles. The van der Waals surface area contributed by atoms with Crippen molar-refractivity contribution in [3.63, 3.8) is 0 Å². The van der Waals surface area contributed by atoms with Crippen molar-refractivity contribution in [2.24, 2.45) is 0 Å². The van der Waals surface area contributed by atoms with E-state index in [4.69, 9.17) is 19.4 Å². The summed E-state index contributed by atoms with van der Waals surface area (Å²) in [6, 6.07) is 61.0. The highest BCUT2D eigenvalue weighted by atomic mass is 16.3. The first-order chi connectivity index (χ1) is 25.3. The molecule has 10 rings (SSSR count). The van der Waals surface area contributed by atoms with Gasteiger partial charge in [0, 0.05) is 32.8 Å². The van der Waals surface area contributed by atoms with E-state index in [-0.39, 0.29) is 0 Å². The molecule has 10 aromatic rings. The van der Waals surface area contributed by atoms with Crippen molar-refractivity contribution < 1.29 is 4.42 Å². The van der Waals surface area contributed by atoms with Crippen molar-refractivity contribution in [1.82, 2.24) is 15.0 Å². The summed E-state index contributed by atoms with van der Waals surface area (Å²) >= 11 is 0. The second-order valence-electron chi connectivity index (χ2n) is 12.8. The monoisotopic (exact) mass is 651 g/mol. The molecule has 0 saturated heterocycles. The molecule has 0 spiro atoms. The fraction of sp³-hybridized carbons (Fsp3) is 0. The molecule has 0 fully saturated rings. The van der Waals surface area contributed by atoms with Gasteiger partial charge in [-0.1, -0.05) is 164 Å². The number of benzene rings is 8. The van der Waals surface area contributed by atoms with E-state index in [2.05, 4.69) is 115 Å². The molecular formula is C47H29N3O. The summed E-state index contributed by atoms with van der Waals surface area (Å²) in [6.45, 7) is 0. The number of furan rings is 1. The third kappa shape index (κ3) is 4.96. The first kappa shape index (κ1) is 29.0. The number of rotatable bonds is 5. The fourth-order valence-corrected chi connectivity index (χ4v) is 7.31. The summed E-state index contributed by atoms with van der Waals surface area (Å²) in [5, 5.41) is 6.94. The van der Waals surface area contributed by atoms with Crippen LogP contribution in [0.2, 0.25) is 0 Å². The molecule has 8 aromatic carbocycles. The van der Waals surface area contributed by atoms with Gasteiger partial charge in [0.1, 0.15) is 11.2 Å². The van der Waals surface area contributed by atoms with E-state index in [0.29, 0.717) is 17.5 Å². The predicted molar refractivity (Wildman–Crippen MR) is 209 cm³/mol. The maximum absolute atomic E-state index is 6.68. The summed E-state index contributed by atoms with van der Waals surface area (Å²) in [5.41, 5.74) is 9.20. The van der Waals surface area contributed by atoms with Crippen LogP contribution in [0, 0.1) is 0 Å². The molecule has 0 amide bonds. The molecule has 0 saturated carbocycles. The van der Waals surface area contributed by atoms with Crippen molar-refractivity contribution in [1.29, 1.82) is 0 Å². The minimum Gasteiger partial charge on any atom is -0.455 e. The van der Waals surface area contributed by atoms with Gasteiger partial charge >= 0.3 is 0 Å². The Morgan fingerprint density at radius 2 is 0.843 bits per heavy atom. The Morgan fingerprint density at radius 3 is 1.53 bits per heavy atom. The lowest BCUT2D eigenvalue weighted by Crippen LogP contribution is -2.00. The summed E-state index contributed by atoms with van der Waals surface area (Å²) in [7, 11) is 0. The van der Waals surface area contributed by atoms with E-state index in [0.717, 1.165) is 55.1 Å². The Hall–Kier alpha value is -6.91. The van der Waals surface area contributed by atoms with Crippen LogP contribution in [0.1, 0.15) is 0 Å². The van der Waals surface area contributed by atoms with E-state index in [1.165, 1.54) is 27.3 Å². The lowest BCUT2D eigenvalue weighted by Gasteiger charge is -2.12. The van der Waals surface area contributed by atoms with Gasteiger partial charge in [0.05, 0.1) is 0 Å². The average molecular weight is 652 g/mol. The smallest absolute Gasteiger partial charge is 0.164 e. The summed E-state index contributed by atoms with van der Waals surface area (Å²) in [4.78, 5) is 14.7. The largest absolute Gasteiger partial charge is 0.455 e. The zero-order valence-electron chi connectivity index (χ0n) is 27.5. The van der Waals surface area contributed by atoms with E-state index in [1.54, 1.807) is 0 Å². The van der Waals surface area contributed by atoms with Gasteiger partial charge in [-0.2, -0.15) is 0 Å². The maximum Gasteiger partial charge on any atom is 0.164 e. The first-order valence-electron chi connectivity index (χ1n) is 17.1. The summed E-state index contributed by atoms with van der Waals surface area (Å²) < 4.78 is 6.68. The summed E-state index contributed by atoms with van der Waals surface area (Å²) in [6.07, 6.45) is 0. The molecule has 0 bridgehead atoms. The maximum atomic E-state index is 6.68. The highest BCUT2D eigenvalue weighted by Crippen LogP contribution is 2.44. The predicted octanol–water partition coefficient (Wildman–Crippen LogP) is 12.4. The van der Waals surface area contributed by atoms with Gasteiger partial charge in [0.25, 0.3) is 0 Å². The van der Waals surface area contributed by atoms with Gasteiger partial charge in [0.2, 0.25) is 0 Å². The molecule has 0 atom stereocenters. The van der Waals surface area contributed by atoms with Gasteiger partial charge < -0.3 is 4.42 Å². The normalized spacial score (nSPS) is 11.5. The van der Waals surface area contributed by atoms with Gasteiger partial charge in [-0.25, -0.2) is 15.0 Å². The SMILES string of the molecule is c1ccc(-c2nc(-c3ccccc3)nc(-c3ccc(-c4cccc5oc6c7ccccc7c(-c7cccc8ccccc78)cc6c45)cc3)n2)cc1. The van der Waals surface area contributed by atoms with E-state index < -0.39 is 0 Å². The Labute approximate surface area is 294 Å². The highest BCUT2D eigenvalue weighted by Gasteiger charge is 2.19. The Kier molecular flexibility index (Phi) is 6.78. The topological polar surface area (TPSA) is 51.8 Å². The fourth-order valence-electron chi connectivity index (χ4n) is 7.31. The molecule has 0 N–H and O–H groups in total. The second kappa shape index (κ2) is 11.9. The van der Waals surface area contributed by atoms with Gasteiger partial charge in [0.15, 0.2) is 17.5 Å². The zero-order valence-corrected chi connectivity index (χ0v) is 27.5. The van der Waals surface area contributed by atoms with Crippen LogP contribution in [0.3, 0.4) is 0 Å². The van der Waals surface area contributed by atoms with E-state index in [9.17, 15) is 0 Å². The third-order valence-electron chi connectivity index (χ3n) is 9.74. The second-order valence-corrected chi connectivity index (χ2v) is 12.8. The third-order valence-corrected chi connectivity index (χ3v) is 9.74. The number of aromatic nitrogens is 3. The zero-order chi connectivity index (χ0) is 33.7. The lowest BCUT2D eigenvalue weighted by atomic mass is 9.91. The van der Waals surface area contributed by atoms with E-state index >= 15 is 0 Å². The van der Waals surface area contributed by atoms with Crippen molar-refractivity contribution >= 4 is 43.5 Å². The minimum absolute atomic E-state index is 0.632. The van der Waals surface area contributed by atoms with Gasteiger partial charge in [-0.05, 0) is 50.5 Å². The number of hydrogen-bond acceptors (Lipinski definition) is 4. The van der Waals surface area contributed by atoms with Crippen LogP contribution in [0.4, 0.5) is 0 Å². The molecule has 238 valence electrons. The standard InChI is InChI=1S/C47H29N3O/c1-3-14-32(15-4-1)45-48-46(33-16-5-2-6-17-33)50-47(49-45)34-27-25-31(26-28-34)36-22-12-24-42-43(36)41-29-40(38-20-9-10-21-39(38)44(41)51-42)37-23-11-18-30-13-7-8-19-35(30)37/h1-29H. The highest BCUT2D eigenvalue weighted by molar-refractivity contribution is 6.23. The van der Waals surface area contributed by atoms with Crippen molar-refractivity contribution in [3.8, 4) is 56.4 Å². The van der Waals surface area contributed by atoms with Crippen LogP contribution < -0.4 is 0 Å². The van der Waals surface area contributed by atoms with Gasteiger partial charge in [-0.15, -0.1) is 0 Å². The molecular weight excluding hydrogens is 623 g/mol. The van der Waals surface area contributed by atoms with Crippen LogP contribution in [0.15, 0.2) is 180 Å². The molecule has 4 heteroatoms.